The summed E-state index contributed by atoms with van der Waals surface area (Å²) in [5.41, 5.74) is 4.01. The first-order valence-corrected chi connectivity index (χ1v) is 11.8. The monoisotopic (exact) mass is 535 g/mol. The zero-order valence-corrected chi connectivity index (χ0v) is 21.2. The molecule has 0 fully saturated rings. The second-order valence-corrected chi connectivity index (χ2v) is 12.0. The number of ketones is 2. The maximum absolute atomic E-state index is 13.4. The SMILES string of the molecule is COc1c(Br)cc(Br)cc1C1C2=C(CC(C)(C)CC2=O)NC2=C1C(=O)CC(C)(C)C2. The number of allylic oxidation sites excluding steroid dienone is 4. The zero-order chi connectivity index (χ0) is 22.0. The van der Waals surface area contributed by atoms with E-state index in [1.54, 1.807) is 7.11 Å². The van der Waals surface area contributed by atoms with Gasteiger partial charge < -0.3 is 10.1 Å². The number of benzene rings is 1. The lowest BCUT2D eigenvalue weighted by Crippen LogP contribution is -2.42. The van der Waals surface area contributed by atoms with E-state index >= 15 is 0 Å². The lowest BCUT2D eigenvalue weighted by molar-refractivity contribution is -0.119. The molecule has 2 aliphatic carbocycles. The number of hydrogen-bond donors (Lipinski definition) is 1. The lowest BCUT2D eigenvalue weighted by Gasteiger charge is -2.44. The Hall–Kier alpha value is -1.40. The summed E-state index contributed by atoms with van der Waals surface area (Å²) in [7, 11) is 1.63. The van der Waals surface area contributed by atoms with Gasteiger partial charge in [-0.3, -0.25) is 9.59 Å². The van der Waals surface area contributed by atoms with Crippen molar-refractivity contribution in [2.24, 2.45) is 10.8 Å². The van der Waals surface area contributed by atoms with E-state index in [4.69, 9.17) is 4.74 Å². The predicted molar refractivity (Wildman–Crippen MR) is 124 cm³/mol. The first-order valence-electron chi connectivity index (χ1n) is 10.2. The van der Waals surface area contributed by atoms with E-state index in [1.165, 1.54) is 0 Å². The molecular weight excluding hydrogens is 510 g/mol. The second-order valence-electron chi connectivity index (χ2n) is 10.2. The van der Waals surface area contributed by atoms with Gasteiger partial charge in [-0.15, -0.1) is 0 Å². The van der Waals surface area contributed by atoms with Crippen molar-refractivity contribution in [1.82, 2.24) is 5.32 Å². The van der Waals surface area contributed by atoms with Crippen LogP contribution in [0.15, 0.2) is 43.6 Å². The smallest absolute Gasteiger partial charge is 0.162 e. The van der Waals surface area contributed by atoms with Crippen LogP contribution in [0.4, 0.5) is 0 Å². The number of carbonyl (C=O) groups is 2. The molecule has 1 aromatic carbocycles. The van der Waals surface area contributed by atoms with Gasteiger partial charge in [-0.25, -0.2) is 0 Å². The Bertz CT molecular complexity index is 981. The van der Waals surface area contributed by atoms with Crippen molar-refractivity contribution in [2.45, 2.75) is 59.3 Å². The average molecular weight is 537 g/mol. The molecule has 1 aliphatic heterocycles. The number of ether oxygens (including phenoxy) is 1. The Balaban J connectivity index is 2.00. The number of Topliss-reactive ketones (excluding diaryl/α,β-unsaturated/α-hetero) is 2. The minimum absolute atomic E-state index is 0.109. The highest BCUT2D eigenvalue weighted by molar-refractivity contribution is 9.11. The standard InChI is InChI=1S/C24H27Br2NO3/c1-23(2)8-15-20(17(28)10-23)19(13-6-12(25)7-14(26)22(13)30-5)21-16(27-15)9-24(3,4)11-18(21)29/h6-7,19,27H,8-11H2,1-5H3. The van der Waals surface area contributed by atoms with Gasteiger partial charge >= 0.3 is 0 Å². The van der Waals surface area contributed by atoms with Gasteiger partial charge in [0.15, 0.2) is 11.6 Å². The molecule has 4 nitrogen and oxygen atoms in total. The molecule has 0 unspecified atom stereocenters. The Labute approximate surface area is 194 Å². The Morgan fingerprint density at radius 2 is 1.40 bits per heavy atom. The zero-order valence-electron chi connectivity index (χ0n) is 18.0. The third-order valence-electron chi connectivity index (χ3n) is 6.27. The van der Waals surface area contributed by atoms with Crippen LogP contribution in [0.1, 0.15) is 64.9 Å². The third kappa shape index (κ3) is 3.70. The topological polar surface area (TPSA) is 55.4 Å². The van der Waals surface area contributed by atoms with Crippen LogP contribution in [0.5, 0.6) is 5.75 Å². The molecule has 1 aromatic rings. The fraction of sp³-hybridized carbons (Fsp3) is 0.500. The number of nitrogens with one attached hydrogen (secondary N) is 1. The minimum Gasteiger partial charge on any atom is -0.495 e. The summed E-state index contributed by atoms with van der Waals surface area (Å²) in [5, 5.41) is 3.55. The highest BCUT2D eigenvalue weighted by Crippen LogP contribution is 2.53. The van der Waals surface area contributed by atoms with E-state index in [2.05, 4.69) is 64.9 Å². The van der Waals surface area contributed by atoms with E-state index < -0.39 is 5.92 Å². The van der Waals surface area contributed by atoms with Gasteiger partial charge in [0.1, 0.15) is 5.75 Å². The molecule has 30 heavy (non-hydrogen) atoms. The quantitative estimate of drug-likeness (QED) is 0.489. The van der Waals surface area contributed by atoms with Crippen LogP contribution in [0, 0.1) is 10.8 Å². The molecule has 6 heteroatoms. The number of halogens is 2. The number of hydrogen-bond acceptors (Lipinski definition) is 4. The summed E-state index contributed by atoms with van der Waals surface area (Å²) in [6, 6.07) is 3.90. The number of dihydropyridines is 1. The molecule has 1 N–H and O–H groups in total. The van der Waals surface area contributed by atoms with E-state index in [0.29, 0.717) is 18.6 Å². The van der Waals surface area contributed by atoms with Crippen molar-refractivity contribution in [3.63, 3.8) is 0 Å². The third-order valence-corrected chi connectivity index (χ3v) is 7.32. The van der Waals surface area contributed by atoms with Crippen molar-refractivity contribution in [3.8, 4) is 5.75 Å². The molecule has 0 aromatic heterocycles. The first-order chi connectivity index (χ1) is 13.9. The van der Waals surface area contributed by atoms with Crippen molar-refractivity contribution in [3.05, 3.63) is 49.2 Å². The summed E-state index contributed by atoms with van der Waals surface area (Å²) in [5.74, 6) is 0.480. The van der Waals surface area contributed by atoms with Gasteiger partial charge in [0, 0.05) is 51.3 Å². The highest BCUT2D eigenvalue weighted by Gasteiger charge is 2.47. The molecule has 1 heterocycles. The summed E-state index contributed by atoms with van der Waals surface area (Å²) in [6.45, 7) is 8.51. The number of carbonyl (C=O) groups excluding carboxylic acids is 2. The summed E-state index contributed by atoms with van der Waals surface area (Å²) in [4.78, 5) is 26.8. The van der Waals surface area contributed by atoms with Crippen molar-refractivity contribution in [1.29, 1.82) is 0 Å². The van der Waals surface area contributed by atoms with E-state index in [1.807, 2.05) is 12.1 Å². The van der Waals surface area contributed by atoms with Crippen LogP contribution in [0.2, 0.25) is 0 Å². The normalized spacial score (nSPS) is 23.2. The molecule has 0 saturated heterocycles. The van der Waals surface area contributed by atoms with Gasteiger partial charge in [0.05, 0.1) is 11.6 Å². The van der Waals surface area contributed by atoms with Gasteiger partial charge in [-0.2, -0.15) is 0 Å². The Morgan fingerprint density at radius 1 is 0.900 bits per heavy atom. The van der Waals surface area contributed by atoms with Gasteiger partial charge in [0.25, 0.3) is 0 Å². The molecule has 0 atom stereocenters. The van der Waals surface area contributed by atoms with Gasteiger partial charge in [-0.05, 0) is 51.7 Å². The van der Waals surface area contributed by atoms with Crippen LogP contribution in [-0.4, -0.2) is 18.7 Å². The minimum atomic E-state index is -0.410. The summed E-state index contributed by atoms with van der Waals surface area (Å²) < 4.78 is 7.41. The molecule has 160 valence electrons. The van der Waals surface area contributed by atoms with Crippen molar-refractivity contribution < 1.29 is 14.3 Å². The Morgan fingerprint density at radius 3 is 1.87 bits per heavy atom. The maximum Gasteiger partial charge on any atom is 0.162 e. The maximum atomic E-state index is 13.4. The van der Waals surface area contributed by atoms with E-state index in [-0.39, 0.29) is 22.4 Å². The fourth-order valence-corrected chi connectivity index (χ4v) is 6.63. The molecule has 4 rings (SSSR count). The van der Waals surface area contributed by atoms with Crippen LogP contribution in [-0.2, 0) is 9.59 Å². The van der Waals surface area contributed by atoms with Gasteiger partial charge in [0.2, 0.25) is 0 Å². The average Bonchev–Trinajstić information content (AvgIpc) is 2.57. The van der Waals surface area contributed by atoms with E-state index in [0.717, 1.165) is 49.9 Å². The molecular formula is C24H27Br2NO3. The first kappa shape index (κ1) is 21.8. The summed E-state index contributed by atoms with van der Waals surface area (Å²) in [6.07, 6.45) is 2.52. The molecule has 0 spiro atoms. The largest absolute Gasteiger partial charge is 0.495 e. The summed E-state index contributed by atoms with van der Waals surface area (Å²) >= 11 is 7.18. The van der Waals surface area contributed by atoms with Crippen LogP contribution < -0.4 is 10.1 Å². The fourth-order valence-electron chi connectivity index (χ4n) is 5.21. The number of methoxy groups -OCH3 is 1. The molecule has 0 amide bonds. The molecule has 0 bridgehead atoms. The van der Waals surface area contributed by atoms with Gasteiger partial charge in [-0.1, -0.05) is 43.6 Å². The van der Waals surface area contributed by atoms with Crippen LogP contribution in [0.3, 0.4) is 0 Å². The highest BCUT2D eigenvalue weighted by atomic mass is 79.9. The van der Waals surface area contributed by atoms with Crippen LogP contribution in [0.25, 0.3) is 0 Å². The van der Waals surface area contributed by atoms with Crippen molar-refractivity contribution >= 4 is 43.4 Å². The second kappa shape index (κ2) is 7.33. The number of rotatable bonds is 2. The molecule has 0 radical (unpaired) electrons. The predicted octanol–water partition coefficient (Wildman–Crippen LogP) is 6.19. The molecule has 3 aliphatic rings. The van der Waals surface area contributed by atoms with E-state index in [9.17, 15) is 9.59 Å². The molecule has 0 saturated carbocycles. The van der Waals surface area contributed by atoms with Crippen LogP contribution >= 0.6 is 31.9 Å². The lowest BCUT2D eigenvalue weighted by atomic mass is 9.64. The Kier molecular flexibility index (Phi) is 5.33. The van der Waals surface area contributed by atoms with Crippen molar-refractivity contribution in [2.75, 3.05) is 7.11 Å².